The summed E-state index contributed by atoms with van der Waals surface area (Å²) in [6, 6.07) is 0. The van der Waals surface area contributed by atoms with E-state index in [1.54, 1.807) is 0 Å². The highest BCUT2D eigenvalue weighted by molar-refractivity contribution is 7.11. The van der Waals surface area contributed by atoms with Gasteiger partial charge in [0.05, 0.1) is 7.11 Å². The lowest BCUT2D eigenvalue weighted by atomic mass is 10.3. The highest BCUT2D eigenvalue weighted by atomic mass is 32.1. The zero-order valence-corrected chi connectivity index (χ0v) is 10.2. The molecule has 1 aromatic heterocycles. The Hall–Kier alpha value is -1.30. The first-order chi connectivity index (χ1) is 7.63. The second kappa shape index (κ2) is 4.29. The molecule has 0 spiro atoms. The third-order valence-electron chi connectivity index (χ3n) is 2.67. The zero-order valence-electron chi connectivity index (χ0n) is 9.40. The lowest BCUT2D eigenvalue weighted by Crippen LogP contribution is -2.21. The van der Waals surface area contributed by atoms with Gasteiger partial charge in [-0.05, 0) is 30.3 Å². The van der Waals surface area contributed by atoms with E-state index in [-0.39, 0.29) is 5.82 Å². The minimum absolute atomic E-state index is 0.259. The highest BCUT2D eigenvalue weighted by Gasteiger charge is 2.27. The quantitative estimate of drug-likeness (QED) is 0.806. The third-order valence-corrected chi connectivity index (χ3v) is 3.64. The van der Waals surface area contributed by atoms with Crippen LogP contribution in [0, 0.1) is 5.92 Å². The molecule has 88 valence electrons. The second-order valence-electron chi connectivity index (χ2n) is 4.06. The van der Waals surface area contributed by atoms with E-state index in [1.807, 2.05) is 11.9 Å². The summed E-state index contributed by atoms with van der Waals surface area (Å²) in [4.78, 5) is 13.6. The summed E-state index contributed by atoms with van der Waals surface area (Å²) in [6.45, 7) is 0.950. The first-order valence-electron chi connectivity index (χ1n) is 5.18. The van der Waals surface area contributed by atoms with Crippen molar-refractivity contribution in [3.8, 4) is 0 Å². The van der Waals surface area contributed by atoms with Gasteiger partial charge in [-0.1, -0.05) is 0 Å². The number of nitrogen functional groups attached to an aromatic ring is 1. The number of hydrogen-bond donors (Lipinski definition) is 1. The predicted molar refractivity (Wildman–Crippen MR) is 63.9 cm³/mol. The van der Waals surface area contributed by atoms with Crippen LogP contribution in [0.15, 0.2) is 0 Å². The Morgan fingerprint density at radius 3 is 2.94 bits per heavy atom. The van der Waals surface area contributed by atoms with E-state index in [0.717, 1.165) is 17.5 Å². The molecule has 0 amide bonds. The second-order valence-corrected chi connectivity index (χ2v) is 4.82. The Kier molecular flexibility index (Phi) is 3.00. The van der Waals surface area contributed by atoms with Gasteiger partial charge >= 0.3 is 5.97 Å². The van der Waals surface area contributed by atoms with Crippen LogP contribution in [0.1, 0.15) is 23.2 Å². The lowest BCUT2D eigenvalue weighted by Gasteiger charge is -2.17. The molecule has 0 aliphatic heterocycles. The van der Waals surface area contributed by atoms with Crippen LogP contribution in [0.5, 0.6) is 0 Å². The Labute approximate surface area is 98.4 Å². The molecule has 0 saturated heterocycles. The molecule has 2 N–H and O–H groups in total. The molecule has 0 atom stereocenters. The summed E-state index contributed by atoms with van der Waals surface area (Å²) in [7, 11) is 3.31. The van der Waals surface area contributed by atoms with Crippen LogP contribution < -0.4 is 10.6 Å². The fourth-order valence-corrected chi connectivity index (χ4v) is 2.39. The average Bonchev–Trinajstić information content (AvgIpc) is 2.98. The molecule has 2 rings (SSSR count). The molecule has 16 heavy (non-hydrogen) atoms. The van der Waals surface area contributed by atoms with Gasteiger partial charge in [0.15, 0.2) is 5.82 Å². The van der Waals surface area contributed by atoms with Crippen LogP contribution in [0.2, 0.25) is 0 Å². The highest BCUT2D eigenvalue weighted by Crippen LogP contribution is 2.35. The van der Waals surface area contributed by atoms with Crippen LogP contribution >= 0.6 is 11.5 Å². The Balaban J connectivity index is 2.21. The van der Waals surface area contributed by atoms with Crippen molar-refractivity contribution in [3.63, 3.8) is 0 Å². The number of carbonyl (C=O) groups is 1. The van der Waals surface area contributed by atoms with Gasteiger partial charge in [0.1, 0.15) is 10.6 Å². The van der Waals surface area contributed by atoms with Gasteiger partial charge < -0.3 is 15.4 Å². The molecule has 1 aliphatic carbocycles. The van der Waals surface area contributed by atoms with Gasteiger partial charge in [-0.3, -0.25) is 0 Å². The van der Waals surface area contributed by atoms with Crippen molar-refractivity contribution in [2.45, 2.75) is 12.8 Å². The number of hydrogen-bond acceptors (Lipinski definition) is 6. The SMILES string of the molecule is COC(=O)c1c(N)nsc1N(C)CC1CC1. The molecule has 1 saturated carbocycles. The maximum absolute atomic E-state index is 11.6. The first-order valence-corrected chi connectivity index (χ1v) is 5.95. The maximum Gasteiger partial charge on any atom is 0.344 e. The Morgan fingerprint density at radius 2 is 2.38 bits per heavy atom. The minimum Gasteiger partial charge on any atom is -0.465 e. The number of nitrogens with zero attached hydrogens (tertiary/aromatic N) is 2. The summed E-state index contributed by atoms with van der Waals surface area (Å²) < 4.78 is 8.72. The van der Waals surface area contributed by atoms with E-state index in [0.29, 0.717) is 5.56 Å². The van der Waals surface area contributed by atoms with Crippen LogP contribution in [0.25, 0.3) is 0 Å². The van der Waals surface area contributed by atoms with Gasteiger partial charge in [-0.25, -0.2) is 4.79 Å². The van der Waals surface area contributed by atoms with Gasteiger partial charge in [-0.15, -0.1) is 0 Å². The number of methoxy groups -OCH3 is 1. The van der Waals surface area contributed by atoms with Crippen LogP contribution in [-0.4, -0.2) is 31.0 Å². The third kappa shape index (κ3) is 2.11. The van der Waals surface area contributed by atoms with Crippen LogP contribution in [-0.2, 0) is 4.74 Å². The van der Waals surface area contributed by atoms with Crippen LogP contribution in [0.4, 0.5) is 10.8 Å². The first kappa shape index (κ1) is 11.2. The fraction of sp³-hybridized carbons (Fsp3) is 0.600. The number of aromatic nitrogens is 1. The zero-order chi connectivity index (χ0) is 11.7. The predicted octanol–water partition coefficient (Wildman–Crippen LogP) is 1.36. The number of ether oxygens (including phenoxy) is 1. The smallest absolute Gasteiger partial charge is 0.344 e. The summed E-state index contributed by atoms with van der Waals surface area (Å²) in [5, 5.41) is 0.802. The van der Waals surface area contributed by atoms with E-state index in [1.165, 1.54) is 31.5 Å². The van der Waals surface area contributed by atoms with Gasteiger partial charge in [0, 0.05) is 13.6 Å². The molecule has 0 bridgehead atoms. The van der Waals surface area contributed by atoms with E-state index in [4.69, 9.17) is 10.5 Å². The van der Waals surface area contributed by atoms with E-state index >= 15 is 0 Å². The number of carbonyl (C=O) groups excluding carboxylic acids is 1. The van der Waals surface area contributed by atoms with E-state index in [9.17, 15) is 4.79 Å². The van der Waals surface area contributed by atoms with E-state index < -0.39 is 5.97 Å². The van der Waals surface area contributed by atoms with Crippen molar-refractivity contribution in [3.05, 3.63) is 5.56 Å². The molecular formula is C10H15N3O2S. The topological polar surface area (TPSA) is 68.5 Å². The number of nitrogens with two attached hydrogens (primary N) is 1. The maximum atomic E-state index is 11.6. The number of rotatable bonds is 4. The fourth-order valence-electron chi connectivity index (χ4n) is 1.62. The molecule has 1 heterocycles. The normalized spacial score (nSPS) is 14.9. The van der Waals surface area contributed by atoms with Crippen molar-refractivity contribution >= 4 is 28.3 Å². The van der Waals surface area contributed by atoms with Gasteiger partial charge in [0.2, 0.25) is 0 Å². The van der Waals surface area contributed by atoms with Crippen molar-refractivity contribution in [1.29, 1.82) is 0 Å². The summed E-state index contributed by atoms with van der Waals surface area (Å²) in [6.07, 6.45) is 2.54. The van der Waals surface area contributed by atoms with Crippen LogP contribution in [0.3, 0.4) is 0 Å². The Bertz CT molecular complexity index is 401. The molecule has 0 unspecified atom stereocenters. The summed E-state index contributed by atoms with van der Waals surface area (Å²) >= 11 is 1.25. The van der Waals surface area contributed by atoms with E-state index in [2.05, 4.69) is 4.37 Å². The Morgan fingerprint density at radius 1 is 1.69 bits per heavy atom. The van der Waals surface area contributed by atoms with Gasteiger partial charge in [-0.2, -0.15) is 4.37 Å². The molecule has 1 aliphatic rings. The van der Waals surface area contributed by atoms with Crippen molar-refractivity contribution in [2.24, 2.45) is 5.92 Å². The largest absolute Gasteiger partial charge is 0.465 e. The number of anilines is 2. The molecule has 5 nitrogen and oxygen atoms in total. The van der Waals surface area contributed by atoms with Crippen molar-refractivity contribution in [2.75, 3.05) is 31.3 Å². The summed E-state index contributed by atoms with van der Waals surface area (Å²) in [5.41, 5.74) is 6.07. The monoisotopic (exact) mass is 241 g/mol. The molecule has 0 radical (unpaired) electrons. The molecule has 1 fully saturated rings. The number of esters is 1. The van der Waals surface area contributed by atoms with Gasteiger partial charge in [0.25, 0.3) is 0 Å². The molecule has 0 aromatic carbocycles. The standard InChI is InChI=1S/C10H15N3O2S/c1-13(5-6-3-4-6)9-7(10(14)15-2)8(11)12-16-9/h6H,3-5H2,1-2H3,(H2,11,12). The average molecular weight is 241 g/mol. The van der Waals surface area contributed by atoms with Crippen molar-refractivity contribution < 1.29 is 9.53 Å². The molecule has 1 aromatic rings. The summed E-state index contributed by atoms with van der Waals surface area (Å²) in [5.74, 6) is 0.595. The lowest BCUT2D eigenvalue weighted by molar-refractivity contribution is 0.0603. The minimum atomic E-state index is -0.413. The molecule has 6 heteroatoms. The molecular weight excluding hydrogens is 226 g/mol. The van der Waals surface area contributed by atoms with Crippen molar-refractivity contribution in [1.82, 2.24) is 4.37 Å².